The maximum Gasteiger partial charge on any atom is 0.406 e. The SMILES string of the molecule is CC[C@H]1O[C@@H](c2cn(CCCNCCCCCCNC(=O)OC)c(=O)[nH]c2=O)[C@@H](O[Si](C)(C)C(C)(C)C)C1O. The minimum atomic E-state index is -2.27. The molecule has 4 N–H and O–H groups in total. The summed E-state index contributed by atoms with van der Waals surface area (Å²) in [6, 6.07) is 0. The minimum absolute atomic E-state index is 0.0819. The Bertz CT molecular complexity index is 1020. The Morgan fingerprint density at radius 1 is 1.13 bits per heavy atom. The summed E-state index contributed by atoms with van der Waals surface area (Å²) in [6.45, 7) is 15.2. The van der Waals surface area contributed by atoms with Gasteiger partial charge in [0.1, 0.15) is 18.3 Å². The van der Waals surface area contributed by atoms with Crippen LogP contribution in [0.1, 0.15) is 77.9 Å². The molecule has 4 atom stereocenters. The van der Waals surface area contributed by atoms with Crippen LogP contribution < -0.4 is 21.9 Å². The average molecular weight is 571 g/mol. The lowest BCUT2D eigenvalue weighted by Gasteiger charge is -2.40. The number of alkyl carbamates (subject to hydrolysis) is 1. The summed E-state index contributed by atoms with van der Waals surface area (Å²) in [5.41, 5.74) is -0.659. The first-order valence-corrected chi connectivity index (χ1v) is 17.1. The van der Waals surface area contributed by atoms with E-state index in [0.717, 1.165) is 38.8 Å². The number of H-pyrrole nitrogens is 1. The topological polar surface area (TPSA) is 144 Å². The molecule has 1 unspecified atom stereocenters. The van der Waals surface area contributed by atoms with Crippen LogP contribution in [0.15, 0.2) is 15.8 Å². The lowest BCUT2D eigenvalue weighted by atomic mass is 10.0. The van der Waals surface area contributed by atoms with E-state index in [9.17, 15) is 19.5 Å². The van der Waals surface area contributed by atoms with E-state index in [2.05, 4.69) is 54.2 Å². The molecule has 1 saturated heterocycles. The molecule has 1 amide bonds. The number of aliphatic hydroxyl groups excluding tert-OH is 1. The number of hydrogen-bond acceptors (Lipinski definition) is 8. The number of aryl methyl sites for hydroxylation is 1. The van der Waals surface area contributed by atoms with E-state index in [-0.39, 0.29) is 5.04 Å². The molecule has 2 heterocycles. The van der Waals surface area contributed by atoms with Crippen LogP contribution in [0.3, 0.4) is 0 Å². The second-order valence-electron chi connectivity index (χ2n) is 11.8. The zero-order valence-corrected chi connectivity index (χ0v) is 25.8. The van der Waals surface area contributed by atoms with Crippen LogP contribution in [0.2, 0.25) is 18.1 Å². The fourth-order valence-corrected chi connectivity index (χ4v) is 5.66. The van der Waals surface area contributed by atoms with Crippen molar-refractivity contribution in [2.75, 3.05) is 26.7 Å². The van der Waals surface area contributed by atoms with Crippen LogP contribution in [-0.4, -0.2) is 74.1 Å². The molecule has 12 heteroatoms. The molecule has 1 aromatic rings. The Morgan fingerprint density at radius 3 is 2.38 bits per heavy atom. The maximum absolute atomic E-state index is 12.9. The van der Waals surface area contributed by atoms with Gasteiger partial charge in [0.15, 0.2) is 8.32 Å². The van der Waals surface area contributed by atoms with Crippen molar-refractivity contribution in [3.8, 4) is 0 Å². The van der Waals surface area contributed by atoms with Crippen LogP contribution in [0.25, 0.3) is 0 Å². The summed E-state index contributed by atoms with van der Waals surface area (Å²) >= 11 is 0. The molecule has 0 saturated carbocycles. The van der Waals surface area contributed by atoms with Crippen LogP contribution in [0.5, 0.6) is 0 Å². The minimum Gasteiger partial charge on any atom is -0.453 e. The normalized spacial score (nSPS) is 21.7. The van der Waals surface area contributed by atoms with Gasteiger partial charge >= 0.3 is 11.8 Å². The van der Waals surface area contributed by atoms with Gasteiger partial charge < -0.3 is 34.2 Å². The smallest absolute Gasteiger partial charge is 0.406 e. The van der Waals surface area contributed by atoms with Gasteiger partial charge in [-0.3, -0.25) is 9.78 Å². The predicted octanol–water partition coefficient (Wildman–Crippen LogP) is 3.03. The number of ether oxygens (including phenoxy) is 2. The molecule has 11 nitrogen and oxygen atoms in total. The third-order valence-corrected chi connectivity index (χ3v) is 12.3. The molecule has 1 fully saturated rings. The van der Waals surface area contributed by atoms with E-state index in [4.69, 9.17) is 9.16 Å². The van der Waals surface area contributed by atoms with E-state index in [1.807, 2.05) is 6.92 Å². The quantitative estimate of drug-likeness (QED) is 0.186. The molecule has 0 aromatic carbocycles. The molecule has 1 aliphatic rings. The van der Waals surface area contributed by atoms with Crippen molar-refractivity contribution in [1.29, 1.82) is 0 Å². The van der Waals surface area contributed by atoms with Gasteiger partial charge in [0.25, 0.3) is 5.56 Å². The molecule has 1 aliphatic heterocycles. The highest BCUT2D eigenvalue weighted by molar-refractivity contribution is 6.74. The molecule has 39 heavy (non-hydrogen) atoms. The molecule has 0 aliphatic carbocycles. The van der Waals surface area contributed by atoms with Gasteiger partial charge in [-0.15, -0.1) is 0 Å². The standard InChI is InChI=1S/C27H50N4O7Si/c1-8-20-21(32)23(38-39(6,7)27(2,3)4)22(37-20)19-18-31(25(34)30-24(19)33)17-13-15-28-14-11-9-10-12-16-29-26(35)36-5/h18,20-23,28,32H,8-17H2,1-7H3,(H,29,35)(H,30,33,34)/t20-,21?,22+,23+/m1/s1. The van der Waals surface area contributed by atoms with Crippen molar-refractivity contribution >= 4 is 14.4 Å². The van der Waals surface area contributed by atoms with Crippen molar-refractivity contribution < 1.29 is 23.8 Å². The third kappa shape index (κ3) is 9.56. The Morgan fingerprint density at radius 2 is 1.77 bits per heavy atom. The van der Waals surface area contributed by atoms with E-state index >= 15 is 0 Å². The number of aromatic amines is 1. The van der Waals surface area contributed by atoms with Gasteiger partial charge in [0.05, 0.1) is 18.8 Å². The summed E-state index contributed by atoms with van der Waals surface area (Å²) in [4.78, 5) is 38.8. The number of amides is 1. The van der Waals surface area contributed by atoms with Crippen molar-refractivity contribution in [1.82, 2.24) is 20.2 Å². The van der Waals surface area contributed by atoms with Crippen molar-refractivity contribution in [2.45, 2.75) is 115 Å². The average Bonchev–Trinajstić information content (AvgIpc) is 3.17. The van der Waals surface area contributed by atoms with E-state index in [1.54, 1.807) is 6.20 Å². The zero-order valence-electron chi connectivity index (χ0n) is 24.8. The summed E-state index contributed by atoms with van der Waals surface area (Å²) in [5.74, 6) is 0. The summed E-state index contributed by atoms with van der Waals surface area (Å²) in [5, 5.41) is 17.0. The number of nitrogens with one attached hydrogen (secondary N) is 3. The van der Waals surface area contributed by atoms with Crippen molar-refractivity contribution in [2.24, 2.45) is 0 Å². The molecular formula is C27H50N4O7Si. The zero-order chi connectivity index (χ0) is 29.2. The lowest BCUT2D eigenvalue weighted by Crippen LogP contribution is -2.48. The number of unbranched alkanes of at least 4 members (excludes halogenated alkanes) is 3. The highest BCUT2D eigenvalue weighted by Crippen LogP contribution is 2.43. The predicted molar refractivity (Wildman–Crippen MR) is 154 cm³/mol. The van der Waals surface area contributed by atoms with E-state index in [1.165, 1.54) is 11.7 Å². The fourth-order valence-electron chi connectivity index (χ4n) is 4.36. The van der Waals surface area contributed by atoms with E-state index < -0.39 is 50.1 Å². The van der Waals surface area contributed by atoms with Crippen molar-refractivity contribution in [3.63, 3.8) is 0 Å². The molecule has 2 rings (SSSR count). The second kappa shape index (κ2) is 15.1. The molecule has 1 aromatic heterocycles. The largest absolute Gasteiger partial charge is 0.453 e. The van der Waals surface area contributed by atoms with Gasteiger partial charge in [-0.05, 0) is 56.9 Å². The highest BCUT2D eigenvalue weighted by atomic mass is 28.4. The molecule has 0 bridgehead atoms. The number of aromatic nitrogens is 2. The number of nitrogens with zero attached hydrogens (tertiary/aromatic N) is 1. The van der Waals surface area contributed by atoms with Crippen LogP contribution in [0, 0.1) is 0 Å². The number of aliphatic hydroxyl groups is 1. The molecule has 224 valence electrons. The van der Waals surface area contributed by atoms with Gasteiger partial charge in [0, 0.05) is 19.3 Å². The van der Waals surface area contributed by atoms with Crippen LogP contribution >= 0.6 is 0 Å². The number of methoxy groups -OCH3 is 1. The molecular weight excluding hydrogens is 520 g/mol. The van der Waals surface area contributed by atoms with Gasteiger partial charge in [-0.2, -0.15) is 0 Å². The van der Waals surface area contributed by atoms with E-state index in [0.29, 0.717) is 31.5 Å². The second-order valence-corrected chi connectivity index (χ2v) is 16.6. The van der Waals surface area contributed by atoms with Crippen LogP contribution in [0.4, 0.5) is 4.79 Å². The molecule has 0 spiro atoms. The first-order valence-electron chi connectivity index (χ1n) is 14.2. The number of hydrogen-bond donors (Lipinski definition) is 4. The maximum atomic E-state index is 12.9. The summed E-state index contributed by atoms with van der Waals surface area (Å²) in [7, 11) is -0.922. The highest BCUT2D eigenvalue weighted by Gasteiger charge is 2.50. The first kappa shape index (κ1) is 33.2. The number of carbonyl (C=O) groups excluding carboxylic acids is 1. The third-order valence-electron chi connectivity index (χ3n) is 7.81. The lowest BCUT2D eigenvalue weighted by molar-refractivity contribution is 0.00534. The Labute approximate surface area is 233 Å². The first-order chi connectivity index (χ1) is 18.3. The van der Waals surface area contributed by atoms with Gasteiger partial charge in [0.2, 0.25) is 0 Å². The summed E-state index contributed by atoms with van der Waals surface area (Å²) in [6.07, 6.45) is 3.75. The Kier molecular flexibility index (Phi) is 12.9. The monoisotopic (exact) mass is 570 g/mol. The number of carbonyl (C=O) groups is 1. The summed E-state index contributed by atoms with van der Waals surface area (Å²) < 4.78 is 18.8. The number of rotatable bonds is 15. The Hall–Kier alpha value is -1.99. The van der Waals surface area contributed by atoms with Gasteiger partial charge in [-0.1, -0.05) is 40.5 Å². The molecule has 0 radical (unpaired) electrons. The van der Waals surface area contributed by atoms with Crippen molar-refractivity contribution in [3.05, 3.63) is 32.6 Å². The fraction of sp³-hybridized carbons (Fsp3) is 0.815. The van der Waals surface area contributed by atoms with Gasteiger partial charge in [-0.25, -0.2) is 9.59 Å². The van der Waals surface area contributed by atoms with Crippen LogP contribution in [-0.2, 0) is 20.4 Å². The Balaban J connectivity index is 1.93.